The summed E-state index contributed by atoms with van der Waals surface area (Å²) in [5.41, 5.74) is 2.55. The van der Waals surface area contributed by atoms with E-state index in [9.17, 15) is 22.8 Å². The number of amides is 2. The van der Waals surface area contributed by atoms with Crippen LogP contribution in [0.2, 0.25) is 10.0 Å². The maximum absolute atomic E-state index is 13.2. The number of nitrogens with one attached hydrogen (secondary N) is 1. The summed E-state index contributed by atoms with van der Waals surface area (Å²) in [6.07, 6.45) is 3.49. The molecule has 0 spiro atoms. The highest BCUT2D eigenvalue weighted by atomic mass is 35.5. The third-order valence-electron chi connectivity index (χ3n) is 6.85. The smallest absolute Gasteiger partial charge is 0.254 e. The quantitative estimate of drug-likeness (QED) is 0.301. The minimum atomic E-state index is -3.51. The lowest BCUT2D eigenvalue weighted by molar-refractivity contribution is -0.109. The van der Waals surface area contributed by atoms with Gasteiger partial charge in [0.05, 0.1) is 27.9 Å². The van der Waals surface area contributed by atoms with Crippen LogP contribution in [0.3, 0.4) is 0 Å². The van der Waals surface area contributed by atoms with E-state index < -0.39 is 21.8 Å². The number of hydrogen-bond donors (Lipinski definition) is 1. The number of benzene rings is 2. The second kappa shape index (κ2) is 10.8. The number of halogens is 2. The molecule has 0 radical (unpaired) electrons. The number of carbonyl (C=O) groups excluding carboxylic acids is 3. The number of rotatable bonds is 7. The van der Waals surface area contributed by atoms with E-state index in [1.165, 1.54) is 13.0 Å². The van der Waals surface area contributed by atoms with Crippen molar-refractivity contribution in [3.63, 3.8) is 0 Å². The molecular weight excluding hydrogens is 579 g/mol. The fourth-order valence-electron chi connectivity index (χ4n) is 4.89. The van der Waals surface area contributed by atoms with Crippen molar-refractivity contribution in [1.82, 2.24) is 10.2 Å². The highest BCUT2D eigenvalue weighted by molar-refractivity contribution is 7.90. The lowest BCUT2D eigenvalue weighted by Crippen LogP contribution is -2.39. The first-order valence-electron chi connectivity index (χ1n) is 12.3. The van der Waals surface area contributed by atoms with Crippen LogP contribution in [0.25, 0.3) is 11.0 Å². The summed E-state index contributed by atoms with van der Waals surface area (Å²) in [6.45, 7) is 2.14. The number of aldehydes is 1. The summed E-state index contributed by atoms with van der Waals surface area (Å²) in [5, 5.41) is 3.72. The number of aryl methyl sites for hydroxylation is 1. The van der Waals surface area contributed by atoms with Gasteiger partial charge in [0.1, 0.15) is 28.3 Å². The van der Waals surface area contributed by atoms with E-state index in [-0.39, 0.29) is 50.9 Å². The Hall–Kier alpha value is -3.60. The zero-order valence-electron chi connectivity index (χ0n) is 21.5. The van der Waals surface area contributed by atoms with E-state index in [1.807, 2.05) is 12.1 Å². The van der Waals surface area contributed by atoms with E-state index in [0.717, 1.165) is 17.2 Å². The summed E-state index contributed by atoms with van der Waals surface area (Å²) >= 11 is 13.1. The molecule has 4 aromatic rings. The Morgan fingerprint density at radius 1 is 1.18 bits per heavy atom. The van der Waals surface area contributed by atoms with E-state index in [1.54, 1.807) is 29.4 Å². The third kappa shape index (κ3) is 5.39. The van der Waals surface area contributed by atoms with Gasteiger partial charge in [0.25, 0.3) is 11.8 Å². The average molecular weight is 603 g/mol. The fourth-order valence-corrected chi connectivity index (χ4v) is 6.56. The summed E-state index contributed by atoms with van der Waals surface area (Å²) in [5.74, 6) is -0.400. The second-order valence-electron chi connectivity index (χ2n) is 9.66. The van der Waals surface area contributed by atoms with Crippen molar-refractivity contribution in [2.24, 2.45) is 0 Å². The van der Waals surface area contributed by atoms with Crippen LogP contribution < -0.4 is 5.32 Å². The molecule has 1 aliphatic rings. The standard InChI is InChI=1S/C28H24Cl2N2O7S/c1-15-24(40(2,36)37)12-20(39-15)11-19(14-33)31-27(34)25-22(29)9-18-13-32(7-5-21(18)26(25)30)28(35)17-4-3-16-6-8-38-23(16)10-17/h3-4,6,8-10,12,14,19H,5,7,11,13H2,1-2H3,(H,31,34)/t19-/m0/s1. The first-order chi connectivity index (χ1) is 19.0. The van der Waals surface area contributed by atoms with Gasteiger partial charge in [0.15, 0.2) is 9.84 Å². The van der Waals surface area contributed by atoms with Crippen molar-refractivity contribution in [3.8, 4) is 0 Å². The van der Waals surface area contributed by atoms with Gasteiger partial charge in [-0.2, -0.15) is 0 Å². The Labute approximate surface area is 239 Å². The van der Waals surface area contributed by atoms with Crippen molar-refractivity contribution in [2.75, 3.05) is 12.8 Å². The van der Waals surface area contributed by atoms with Gasteiger partial charge in [0.2, 0.25) is 0 Å². The molecule has 208 valence electrons. The van der Waals surface area contributed by atoms with Crippen LogP contribution in [-0.2, 0) is 34.0 Å². The van der Waals surface area contributed by atoms with Crippen molar-refractivity contribution in [3.05, 3.63) is 86.5 Å². The number of furan rings is 2. The van der Waals surface area contributed by atoms with Gasteiger partial charge in [-0.05, 0) is 54.8 Å². The molecule has 0 saturated heterocycles. The summed E-state index contributed by atoms with van der Waals surface area (Å²) < 4.78 is 34.7. The van der Waals surface area contributed by atoms with Gasteiger partial charge in [-0.1, -0.05) is 29.3 Å². The Bertz CT molecular complexity index is 1770. The molecule has 2 amide bonds. The van der Waals surface area contributed by atoms with E-state index in [4.69, 9.17) is 32.0 Å². The molecule has 1 aliphatic heterocycles. The van der Waals surface area contributed by atoms with E-state index >= 15 is 0 Å². The molecule has 0 bridgehead atoms. The maximum atomic E-state index is 13.2. The van der Waals surface area contributed by atoms with Crippen LogP contribution in [-0.4, -0.2) is 50.3 Å². The van der Waals surface area contributed by atoms with Gasteiger partial charge < -0.3 is 23.8 Å². The zero-order valence-corrected chi connectivity index (χ0v) is 23.8. The molecule has 1 N–H and O–H groups in total. The minimum absolute atomic E-state index is 0.0180. The molecule has 0 unspecified atom stereocenters. The second-order valence-corrected chi connectivity index (χ2v) is 12.4. The molecule has 2 aromatic carbocycles. The van der Waals surface area contributed by atoms with Gasteiger partial charge >= 0.3 is 0 Å². The summed E-state index contributed by atoms with van der Waals surface area (Å²) in [7, 11) is -3.51. The van der Waals surface area contributed by atoms with Gasteiger partial charge in [-0.15, -0.1) is 0 Å². The van der Waals surface area contributed by atoms with Crippen molar-refractivity contribution in [1.29, 1.82) is 0 Å². The van der Waals surface area contributed by atoms with Crippen LogP contribution in [0.15, 0.2) is 56.4 Å². The molecule has 40 heavy (non-hydrogen) atoms. The highest BCUT2D eigenvalue weighted by Crippen LogP contribution is 2.35. The average Bonchev–Trinajstić information content (AvgIpc) is 3.53. The Kier molecular flexibility index (Phi) is 7.52. The first-order valence-corrected chi connectivity index (χ1v) is 14.9. The van der Waals surface area contributed by atoms with Gasteiger partial charge in [-0.3, -0.25) is 9.59 Å². The molecule has 2 aromatic heterocycles. The third-order valence-corrected chi connectivity index (χ3v) is 8.77. The minimum Gasteiger partial charge on any atom is -0.465 e. The normalized spacial score (nSPS) is 14.2. The maximum Gasteiger partial charge on any atom is 0.254 e. The van der Waals surface area contributed by atoms with Crippen molar-refractivity contribution >= 4 is 62.1 Å². The van der Waals surface area contributed by atoms with Crippen molar-refractivity contribution < 1.29 is 31.6 Å². The lowest BCUT2D eigenvalue weighted by atomic mass is 9.95. The SMILES string of the molecule is Cc1oc(C[C@@H](C=O)NC(=O)c2c(Cl)cc3c(c2Cl)CCN(C(=O)c2ccc4ccoc4c2)C3)cc1S(C)(=O)=O. The number of fused-ring (bicyclic) bond motifs is 2. The molecule has 5 rings (SSSR count). The molecule has 1 atom stereocenters. The van der Waals surface area contributed by atoms with Crippen molar-refractivity contribution in [2.45, 2.75) is 37.2 Å². The predicted octanol–water partition coefficient (Wildman–Crippen LogP) is 4.78. The van der Waals surface area contributed by atoms with E-state index in [0.29, 0.717) is 36.0 Å². The number of hydrogen-bond acceptors (Lipinski definition) is 7. The number of nitrogens with zero attached hydrogens (tertiary/aromatic N) is 1. The molecule has 12 heteroatoms. The van der Waals surface area contributed by atoms with E-state index in [2.05, 4.69) is 5.32 Å². The molecule has 0 saturated carbocycles. The highest BCUT2D eigenvalue weighted by Gasteiger charge is 2.29. The molecule has 3 heterocycles. The Morgan fingerprint density at radius 2 is 1.95 bits per heavy atom. The zero-order chi connectivity index (χ0) is 28.8. The number of carbonyl (C=O) groups is 3. The fraction of sp³-hybridized carbons (Fsp3) is 0.250. The van der Waals surface area contributed by atoms with Gasteiger partial charge in [0, 0.05) is 36.7 Å². The Balaban J connectivity index is 1.33. The van der Waals surface area contributed by atoms with Crippen LogP contribution in [0.4, 0.5) is 0 Å². The molecular formula is C28H24Cl2N2O7S. The first kappa shape index (κ1) is 27.9. The van der Waals surface area contributed by atoms with Gasteiger partial charge in [-0.25, -0.2) is 8.42 Å². The predicted molar refractivity (Wildman–Crippen MR) is 149 cm³/mol. The Morgan fingerprint density at radius 3 is 2.65 bits per heavy atom. The number of sulfone groups is 1. The largest absolute Gasteiger partial charge is 0.465 e. The van der Waals surface area contributed by atoms with Crippen LogP contribution in [0, 0.1) is 6.92 Å². The molecule has 9 nitrogen and oxygen atoms in total. The topological polar surface area (TPSA) is 127 Å². The lowest BCUT2D eigenvalue weighted by Gasteiger charge is -2.30. The molecule has 0 fully saturated rings. The summed E-state index contributed by atoms with van der Waals surface area (Å²) in [6, 6.07) is 9.03. The van der Waals surface area contributed by atoms with Crippen LogP contribution in [0.5, 0.6) is 0 Å². The molecule has 0 aliphatic carbocycles. The summed E-state index contributed by atoms with van der Waals surface area (Å²) in [4.78, 5) is 39.8. The van der Waals surface area contributed by atoms with Crippen LogP contribution in [0.1, 0.15) is 43.4 Å². The monoisotopic (exact) mass is 602 g/mol. The van der Waals surface area contributed by atoms with Crippen LogP contribution >= 0.6 is 23.2 Å².